The van der Waals surface area contributed by atoms with Gasteiger partial charge in [0.15, 0.2) is 11.6 Å². The van der Waals surface area contributed by atoms with Crippen LogP contribution < -0.4 is 10.5 Å². The molecule has 0 heterocycles. The molecule has 2 N–H and O–H groups in total. The van der Waals surface area contributed by atoms with Crippen LogP contribution in [-0.4, -0.2) is 6.04 Å². The molecule has 1 atom stereocenters. The van der Waals surface area contributed by atoms with Crippen LogP contribution in [0.15, 0.2) is 36.4 Å². The Morgan fingerprint density at radius 3 is 2.62 bits per heavy atom. The van der Waals surface area contributed by atoms with Crippen molar-refractivity contribution in [2.75, 3.05) is 0 Å². The van der Waals surface area contributed by atoms with Gasteiger partial charge in [-0.05, 0) is 55.2 Å². The second kappa shape index (κ2) is 6.68. The van der Waals surface area contributed by atoms with Gasteiger partial charge >= 0.3 is 0 Å². The predicted molar refractivity (Wildman–Crippen MR) is 79.6 cm³/mol. The summed E-state index contributed by atoms with van der Waals surface area (Å²) in [6.07, 6.45) is 1.70. The van der Waals surface area contributed by atoms with E-state index in [-0.39, 0.29) is 11.8 Å². The highest BCUT2D eigenvalue weighted by Crippen LogP contribution is 2.27. The number of ether oxygens (including phenoxy) is 1. The summed E-state index contributed by atoms with van der Waals surface area (Å²) in [5, 5.41) is 0. The summed E-state index contributed by atoms with van der Waals surface area (Å²) in [5.41, 5.74) is 8.11. The van der Waals surface area contributed by atoms with Gasteiger partial charge in [-0.1, -0.05) is 19.1 Å². The van der Waals surface area contributed by atoms with E-state index in [0.29, 0.717) is 5.75 Å². The highest BCUT2D eigenvalue weighted by Gasteiger charge is 2.11. The minimum atomic E-state index is -0.979. The Balaban J connectivity index is 2.18. The molecule has 112 valence electrons. The lowest BCUT2D eigenvalue weighted by molar-refractivity contribution is 0.415. The number of hydrogen-bond acceptors (Lipinski definition) is 2. The van der Waals surface area contributed by atoms with E-state index >= 15 is 0 Å². The second-order valence-corrected chi connectivity index (χ2v) is 5.11. The summed E-state index contributed by atoms with van der Waals surface area (Å²) in [7, 11) is 0. The molecule has 0 aromatic heterocycles. The number of rotatable bonds is 5. The smallest absolute Gasteiger partial charge is 0.201 e. The summed E-state index contributed by atoms with van der Waals surface area (Å²) in [4.78, 5) is 0. The number of benzene rings is 2. The van der Waals surface area contributed by atoms with Crippen LogP contribution in [0.2, 0.25) is 0 Å². The first-order valence-electron chi connectivity index (χ1n) is 6.98. The van der Waals surface area contributed by atoms with Crippen LogP contribution in [0.1, 0.15) is 24.5 Å². The number of halogens is 2. The monoisotopic (exact) mass is 291 g/mol. The third kappa shape index (κ3) is 3.79. The van der Waals surface area contributed by atoms with Crippen LogP contribution >= 0.6 is 0 Å². The molecule has 0 saturated carbocycles. The largest absolute Gasteiger partial charge is 0.454 e. The van der Waals surface area contributed by atoms with Gasteiger partial charge in [0.2, 0.25) is 5.82 Å². The van der Waals surface area contributed by atoms with Gasteiger partial charge in [0.05, 0.1) is 0 Å². The molecule has 4 heteroatoms. The molecule has 0 fully saturated rings. The van der Waals surface area contributed by atoms with E-state index in [1.807, 2.05) is 26.0 Å². The number of nitrogens with two attached hydrogens (primary N) is 1. The Morgan fingerprint density at radius 1 is 1.19 bits per heavy atom. The van der Waals surface area contributed by atoms with Crippen LogP contribution in [0.4, 0.5) is 8.78 Å². The average molecular weight is 291 g/mol. The van der Waals surface area contributed by atoms with Crippen molar-refractivity contribution in [1.82, 2.24) is 0 Å². The molecule has 0 aliphatic rings. The molecule has 1 unspecified atom stereocenters. The van der Waals surface area contributed by atoms with Crippen molar-refractivity contribution in [3.63, 3.8) is 0 Å². The van der Waals surface area contributed by atoms with Gasteiger partial charge < -0.3 is 10.5 Å². The minimum absolute atomic E-state index is 0.118. The van der Waals surface area contributed by atoms with Gasteiger partial charge in [0.1, 0.15) is 5.75 Å². The highest BCUT2D eigenvalue weighted by atomic mass is 19.2. The second-order valence-electron chi connectivity index (χ2n) is 5.11. The van der Waals surface area contributed by atoms with E-state index in [2.05, 4.69) is 0 Å². The van der Waals surface area contributed by atoms with E-state index in [4.69, 9.17) is 10.5 Å². The minimum Gasteiger partial charge on any atom is -0.454 e. The molecule has 0 aliphatic carbocycles. The summed E-state index contributed by atoms with van der Waals surface area (Å²) >= 11 is 0. The molecule has 0 amide bonds. The first-order valence-corrected chi connectivity index (χ1v) is 6.98. The topological polar surface area (TPSA) is 35.2 Å². The Morgan fingerprint density at radius 2 is 1.95 bits per heavy atom. The third-order valence-electron chi connectivity index (χ3n) is 3.46. The van der Waals surface area contributed by atoms with E-state index in [0.717, 1.165) is 30.0 Å². The molecule has 0 bridgehead atoms. The molecule has 2 aromatic carbocycles. The van der Waals surface area contributed by atoms with Crippen LogP contribution in [-0.2, 0) is 6.42 Å². The maximum atomic E-state index is 13.6. The molecule has 0 saturated heterocycles. The van der Waals surface area contributed by atoms with Crippen molar-refractivity contribution in [1.29, 1.82) is 0 Å². The molecule has 2 aromatic rings. The van der Waals surface area contributed by atoms with E-state index in [1.54, 1.807) is 6.07 Å². The van der Waals surface area contributed by atoms with Gasteiger partial charge in [0.25, 0.3) is 0 Å². The van der Waals surface area contributed by atoms with Crippen molar-refractivity contribution >= 4 is 0 Å². The maximum Gasteiger partial charge on any atom is 0.201 e. The Labute approximate surface area is 123 Å². The fourth-order valence-electron chi connectivity index (χ4n) is 2.08. The first kappa shape index (κ1) is 15.4. The van der Waals surface area contributed by atoms with Gasteiger partial charge in [-0.25, -0.2) is 4.39 Å². The lowest BCUT2D eigenvalue weighted by atomic mass is 10.00. The molecular weight excluding hydrogens is 272 g/mol. The third-order valence-corrected chi connectivity index (χ3v) is 3.46. The van der Waals surface area contributed by atoms with E-state index < -0.39 is 11.6 Å². The van der Waals surface area contributed by atoms with Crippen LogP contribution in [0.3, 0.4) is 0 Å². The lowest BCUT2D eigenvalue weighted by Crippen LogP contribution is -2.21. The molecule has 0 aliphatic heterocycles. The van der Waals surface area contributed by atoms with E-state index in [1.165, 1.54) is 12.1 Å². The normalized spacial score (nSPS) is 12.2. The van der Waals surface area contributed by atoms with Crippen molar-refractivity contribution in [2.24, 2.45) is 5.73 Å². The van der Waals surface area contributed by atoms with Crippen LogP contribution in [0.25, 0.3) is 0 Å². The maximum absolute atomic E-state index is 13.6. The van der Waals surface area contributed by atoms with Crippen molar-refractivity contribution in [3.05, 3.63) is 59.2 Å². The Hall–Kier alpha value is -1.94. The van der Waals surface area contributed by atoms with Gasteiger partial charge in [-0.3, -0.25) is 0 Å². The van der Waals surface area contributed by atoms with Gasteiger partial charge in [0, 0.05) is 6.04 Å². The molecule has 2 nitrogen and oxygen atoms in total. The number of hydrogen-bond donors (Lipinski definition) is 1. The van der Waals surface area contributed by atoms with Gasteiger partial charge in [-0.15, -0.1) is 0 Å². The number of aryl methyl sites for hydroxylation is 1. The van der Waals surface area contributed by atoms with Crippen molar-refractivity contribution in [3.8, 4) is 11.5 Å². The summed E-state index contributed by atoms with van der Waals surface area (Å²) in [5.74, 6) is -1.54. The zero-order chi connectivity index (χ0) is 15.4. The van der Waals surface area contributed by atoms with Crippen LogP contribution in [0, 0.1) is 18.6 Å². The Kier molecular flexibility index (Phi) is 4.91. The first-order chi connectivity index (χ1) is 10.0. The standard InChI is InChI=1S/C17H19F2NO/c1-3-13(20)10-12-7-8-14(9-11(12)2)21-16-6-4-5-15(18)17(16)19/h4-9,13H,3,10,20H2,1-2H3. The SMILES string of the molecule is CCC(N)Cc1ccc(Oc2cccc(F)c2F)cc1C. The fraction of sp³-hybridized carbons (Fsp3) is 0.294. The zero-order valence-electron chi connectivity index (χ0n) is 12.2. The quantitative estimate of drug-likeness (QED) is 0.889. The molecule has 0 spiro atoms. The summed E-state index contributed by atoms with van der Waals surface area (Å²) < 4.78 is 32.1. The summed E-state index contributed by atoms with van der Waals surface area (Å²) in [6.45, 7) is 4.00. The highest BCUT2D eigenvalue weighted by molar-refractivity contribution is 5.38. The van der Waals surface area contributed by atoms with E-state index in [9.17, 15) is 8.78 Å². The van der Waals surface area contributed by atoms with Crippen LogP contribution in [0.5, 0.6) is 11.5 Å². The van der Waals surface area contributed by atoms with Crippen molar-refractivity contribution in [2.45, 2.75) is 32.7 Å². The Bertz CT molecular complexity index is 628. The average Bonchev–Trinajstić information content (AvgIpc) is 2.46. The molecule has 21 heavy (non-hydrogen) atoms. The predicted octanol–water partition coefficient (Wildman–Crippen LogP) is 4.35. The molecular formula is C17H19F2NO. The lowest BCUT2D eigenvalue weighted by Gasteiger charge is -2.13. The molecule has 2 rings (SSSR count). The fourth-order valence-corrected chi connectivity index (χ4v) is 2.08. The van der Waals surface area contributed by atoms with Crippen molar-refractivity contribution < 1.29 is 13.5 Å². The van der Waals surface area contributed by atoms with Gasteiger partial charge in [-0.2, -0.15) is 4.39 Å². The zero-order valence-corrected chi connectivity index (χ0v) is 12.2. The molecule has 0 radical (unpaired) electrons. The summed E-state index contributed by atoms with van der Waals surface area (Å²) in [6, 6.07) is 9.46.